The van der Waals surface area contributed by atoms with Gasteiger partial charge in [0.1, 0.15) is 0 Å². The molecular weight excluding hydrogens is 222 g/mol. The van der Waals surface area contributed by atoms with Crippen LogP contribution in [0.1, 0.15) is 19.3 Å². The van der Waals surface area contributed by atoms with E-state index >= 15 is 0 Å². The Kier molecular flexibility index (Phi) is 2.66. The fourth-order valence-corrected chi connectivity index (χ4v) is 2.87. The summed E-state index contributed by atoms with van der Waals surface area (Å²) < 4.78 is 0. The Balaban J connectivity index is 1.83. The second kappa shape index (κ2) is 4.20. The number of nitrogens with zero attached hydrogens (tertiary/aromatic N) is 3. The number of rotatable bonds is 3. The van der Waals surface area contributed by atoms with Gasteiger partial charge in [0.15, 0.2) is 0 Å². The van der Waals surface area contributed by atoms with E-state index in [1.807, 2.05) is 0 Å². The summed E-state index contributed by atoms with van der Waals surface area (Å²) in [5.74, 6) is 0. The molecule has 0 unspecified atom stereocenters. The molecule has 1 aromatic rings. The molecule has 1 heterocycles. The van der Waals surface area contributed by atoms with Crippen LogP contribution in [0.15, 0.2) is 24.3 Å². The summed E-state index contributed by atoms with van der Waals surface area (Å²) in [6, 6.07) is 10.9. The molecule has 3 heteroatoms. The van der Waals surface area contributed by atoms with Crippen molar-refractivity contribution in [3.63, 3.8) is 0 Å². The quantitative estimate of drug-likeness (QED) is 0.815. The lowest BCUT2D eigenvalue weighted by Gasteiger charge is -2.38. The first-order valence-electron chi connectivity index (χ1n) is 6.66. The van der Waals surface area contributed by atoms with Gasteiger partial charge in [-0.2, -0.15) is 5.26 Å². The highest BCUT2D eigenvalue weighted by Crippen LogP contribution is 2.50. The predicted molar refractivity (Wildman–Crippen MR) is 73.8 cm³/mol. The summed E-state index contributed by atoms with van der Waals surface area (Å²) in [5, 5.41) is 8.93. The monoisotopic (exact) mass is 241 g/mol. The van der Waals surface area contributed by atoms with E-state index in [9.17, 15) is 0 Å². The fraction of sp³-hybridized carbons (Fsp3) is 0.533. The van der Waals surface area contributed by atoms with Crippen LogP contribution in [0.25, 0.3) is 0 Å². The summed E-state index contributed by atoms with van der Waals surface area (Å²) in [7, 11) is 2.15. The van der Waals surface area contributed by atoms with Crippen LogP contribution in [0.2, 0.25) is 0 Å². The van der Waals surface area contributed by atoms with Gasteiger partial charge in [-0.05, 0) is 25.0 Å². The first-order valence-corrected chi connectivity index (χ1v) is 6.66. The zero-order valence-electron chi connectivity index (χ0n) is 10.9. The van der Waals surface area contributed by atoms with E-state index in [1.165, 1.54) is 24.2 Å². The highest BCUT2D eigenvalue weighted by molar-refractivity contribution is 5.73. The maximum atomic E-state index is 8.93. The SMILES string of the molecule is CN1CCN(CC2(CC#N)CC2)c2ccccc21. The largest absolute Gasteiger partial charge is 0.371 e. The van der Waals surface area contributed by atoms with Gasteiger partial charge in [0.2, 0.25) is 0 Å². The van der Waals surface area contributed by atoms with Gasteiger partial charge in [-0.1, -0.05) is 12.1 Å². The lowest BCUT2D eigenvalue weighted by atomic mass is 10.0. The molecule has 2 aliphatic rings. The van der Waals surface area contributed by atoms with E-state index in [-0.39, 0.29) is 5.41 Å². The van der Waals surface area contributed by atoms with Gasteiger partial charge < -0.3 is 9.80 Å². The van der Waals surface area contributed by atoms with Crippen LogP contribution in [-0.2, 0) is 0 Å². The fourth-order valence-electron chi connectivity index (χ4n) is 2.87. The van der Waals surface area contributed by atoms with Gasteiger partial charge in [0.25, 0.3) is 0 Å². The summed E-state index contributed by atoms with van der Waals surface area (Å²) >= 11 is 0. The molecular formula is C15H19N3. The van der Waals surface area contributed by atoms with Crippen LogP contribution in [0.5, 0.6) is 0 Å². The van der Waals surface area contributed by atoms with E-state index in [0.717, 1.165) is 19.6 Å². The Morgan fingerprint density at radius 3 is 2.61 bits per heavy atom. The third-order valence-corrected chi connectivity index (χ3v) is 4.28. The Bertz CT molecular complexity index is 485. The van der Waals surface area contributed by atoms with E-state index in [0.29, 0.717) is 6.42 Å². The van der Waals surface area contributed by atoms with Crippen LogP contribution in [0, 0.1) is 16.7 Å². The van der Waals surface area contributed by atoms with Gasteiger partial charge >= 0.3 is 0 Å². The van der Waals surface area contributed by atoms with Crippen molar-refractivity contribution >= 4 is 11.4 Å². The number of benzene rings is 1. The summed E-state index contributed by atoms with van der Waals surface area (Å²) in [5.41, 5.74) is 2.93. The van der Waals surface area contributed by atoms with Crippen molar-refractivity contribution in [2.45, 2.75) is 19.3 Å². The van der Waals surface area contributed by atoms with Gasteiger partial charge in [-0.15, -0.1) is 0 Å². The summed E-state index contributed by atoms with van der Waals surface area (Å²) in [4.78, 5) is 4.79. The number of hydrogen-bond acceptors (Lipinski definition) is 3. The molecule has 1 saturated carbocycles. The summed E-state index contributed by atoms with van der Waals surface area (Å²) in [6.45, 7) is 3.19. The molecule has 1 aliphatic heterocycles. The molecule has 1 aromatic carbocycles. The maximum Gasteiger partial charge on any atom is 0.0628 e. The van der Waals surface area contributed by atoms with Crippen molar-refractivity contribution in [2.24, 2.45) is 5.41 Å². The molecule has 0 amide bonds. The first kappa shape index (κ1) is 11.4. The second-order valence-corrected chi connectivity index (χ2v) is 5.67. The average molecular weight is 241 g/mol. The minimum Gasteiger partial charge on any atom is -0.371 e. The van der Waals surface area contributed by atoms with E-state index in [2.05, 4.69) is 47.2 Å². The molecule has 94 valence electrons. The molecule has 0 N–H and O–H groups in total. The van der Waals surface area contributed by atoms with Crippen LogP contribution < -0.4 is 9.80 Å². The minimum absolute atomic E-state index is 0.289. The standard InChI is InChI=1S/C15H19N3/c1-17-10-11-18(12-15(6-7-15)8-9-16)14-5-3-2-4-13(14)17/h2-5H,6-8,10-12H2,1H3. The zero-order valence-corrected chi connectivity index (χ0v) is 10.9. The molecule has 1 fully saturated rings. The zero-order chi connectivity index (χ0) is 12.6. The highest BCUT2D eigenvalue weighted by Gasteiger charge is 2.44. The number of anilines is 2. The molecule has 0 bridgehead atoms. The van der Waals surface area contributed by atoms with Crippen LogP contribution in [0.4, 0.5) is 11.4 Å². The Hall–Kier alpha value is -1.69. The molecule has 1 aliphatic carbocycles. The molecule has 3 rings (SSSR count). The second-order valence-electron chi connectivity index (χ2n) is 5.67. The van der Waals surface area contributed by atoms with Gasteiger partial charge in [0, 0.05) is 38.5 Å². The highest BCUT2D eigenvalue weighted by atomic mass is 15.3. The summed E-state index contributed by atoms with van der Waals surface area (Å²) in [6.07, 6.45) is 3.14. The third-order valence-electron chi connectivity index (χ3n) is 4.28. The predicted octanol–water partition coefficient (Wildman–Crippen LogP) is 2.64. The molecule has 0 atom stereocenters. The van der Waals surface area contributed by atoms with E-state index in [4.69, 9.17) is 5.26 Å². The first-order chi connectivity index (χ1) is 8.74. The van der Waals surface area contributed by atoms with Crippen LogP contribution >= 0.6 is 0 Å². The lowest BCUT2D eigenvalue weighted by molar-refractivity contribution is 0.505. The van der Waals surface area contributed by atoms with E-state index in [1.54, 1.807) is 0 Å². The molecule has 3 nitrogen and oxygen atoms in total. The Morgan fingerprint density at radius 1 is 1.22 bits per heavy atom. The van der Waals surface area contributed by atoms with Crippen LogP contribution in [-0.4, -0.2) is 26.7 Å². The molecule has 0 spiro atoms. The Morgan fingerprint density at radius 2 is 1.94 bits per heavy atom. The maximum absolute atomic E-state index is 8.93. The molecule has 0 radical (unpaired) electrons. The number of hydrogen-bond donors (Lipinski definition) is 0. The van der Waals surface area contributed by atoms with Gasteiger partial charge in [-0.25, -0.2) is 0 Å². The molecule has 0 saturated heterocycles. The molecule has 18 heavy (non-hydrogen) atoms. The number of para-hydroxylation sites is 2. The van der Waals surface area contributed by atoms with Crippen molar-refractivity contribution in [1.82, 2.24) is 0 Å². The number of likely N-dealkylation sites (N-methyl/N-ethyl adjacent to an activating group) is 1. The number of nitriles is 1. The van der Waals surface area contributed by atoms with Crippen molar-refractivity contribution < 1.29 is 0 Å². The Labute approximate surface area is 109 Å². The van der Waals surface area contributed by atoms with Crippen molar-refractivity contribution in [2.75, 3.05) is 36.5 Å². The van der Waals surface area contributed by atoms with Crippen LogP contribution in [0.3, 0.4) is 0 Å². The van der Waals surface area contributed by atoms with Gasteiger partial charge in [0.05, 0.1) is 17.4 Å². The number of fused-ring (bicyclic) bond motifs is 1. The van der Waals surface area contributed by atoms with Crippen molar-refractivity contribution in [1.29, 1.82) is 5.26 Å². The smallest absolute Gasteiger partial charge is 0.0628 e. The van der Waals surface area contributed by atoms with E-state index < -0.39 is 0 Å². The van der Waals surface area contributed by atoms with Crippen molar-refractivity contribution in [3.8, 4) is 6.07 Å². The van der Waals surface area contributed by atoms with Crippen molar-refractivity contribution in [3.05, 3.63) is 24.3 Å². The lowest BCUT2D eigenvalue weighted by Crippen LogP contribution is -2.41. The minimum atomic E-state index is 0.289. The average Bonchev–Trinajstić information content (AvgIpc) is 3.14. The molecule has 0 aromatic heterocycles. The normalized spacial score (nSPS) is 20.2. The topological polar surface area (TPSA) is 30.3 Å². The third kappa shape index (κ3) is 1.92. The van der Waals surface area contributed by atoms with Gasteiger partial charge in [-0.3, -0.25) is 0 Å².